The molecule has 0 radical (unpaired) electrons. The van der Waals surface area contributed by atoms with E-state index >= 15 is 0 Å². The topological polar surface area (TPSA) is 53.8 Å². The predicted molar refractivity (Wildman–Crippen MR) is 113 cm³/mol. The zero-order chi connectivity index (χ0) is 20.7. The number of carbonyl (C=O) groups excluding carboxylic acids is 2. The summed E-state index contributed by atoms with van der Waals surface area (Å²) in [6.07, 6.45) is 1.53. The lowest BCUT2D eigenvalue weighted by atomic mass is 10.0. The molecular weight excluding hydrogens is 364 g/mol. The predicted octanol–water partition coefficient (Wildman–Crippen LogP) is 4.63. The quantitative estimate of drug-likeness (QED) is 0.657. The number of piperazine rings is 1. The molecular formula is C24H24N2O3. The number of rotatable bonds is 3. The summed E-state index contributed by atoms with van der Waals surface area (Å²) in [4.78, 5) is 30.3. The Morgan fingerprint density at radius 2 is 1.62 bits per heavy atom. The zero-order valence-electron chi connectivity index (χ0n) is 17.1. The van der Waals surface area contributed by atoms with Gasteiger partial charge in [-0.3, -0.25) is 14.5 Å². The maximum atomic E-state index is 13.7. The molecule has 2 heterocycles. The highest BCUT2D eigenvalue weighted by molar-refractivity contribution is 6.15. The summed E-state index contributed by atoms with van der Waals surface area (Å²) in [5.41, 5.74) is 5.50. The second-order valence-corrected chi connectivity index (χ2v) is 7.64. The van der Waals surface area contributed by atoms with Crippen LogP contribution in [0.25, 0.3) is 0 Å². The van der Waals surface area contributed by atoms with Crippen molar-refractivity contribution in [3.63, 3.8) is 0 Å². The lowest BCUT2D eigenvalue weighted by Crippen LogP contribution is -2.56. The van der Waals surface area contributed by atoms with Crippen LogP contribution < -0.4 is 9.80 Å². The summed E-state index contributed by atoms with van der Waals surface area (Å²) in [6.45, 7) is 7.87. The van der Waals surface area contributed by atoms with Crippen molar-refractivity contribution < 1.29 is 14.0 Å². The van der Waals surface area contributed by atoms with Crippen molar-refractivity contribution in [2.75, 3.05) is 16.3 Å². The van der Waals surface area contributed by atoms with Crippen molar-refractivity contribution in [2.45, 2.75) is 33.7 Å². The number of benzene rings is 2. The Labute approximate surface area is 170 Å². The number of hydrogen-bond acceptors (Lipinski definition) is 3. The van der Waals surface area contributed by atoms with E-state index in [1.165, 1.54) is 6.26 Å². The van der Waals surface area contributed by atoms with E-state index in [0.717, 1.165) is 33.6 Å². The average Bonchev–Trinajstić information content (AvgIpc) is 3.18. The van der Waals surface area contributed by atoms with Crippen LogP contribution in [0.5, 0.6) is 0 Å². The third kappa shape index (κ3) is 3.23. The third-order valence-electron chi connectivity index (χ3n) is 5.45. The van der Waals surface area contributed by atoms with E-state index in [0.29, 0.717) is 5.76 Å². The SMILES string of the molecule is Cc1ccc(N2C(=O)CN(c3c(C)cccc3C)C(=O)C2c2ccco2)c(C)c1. The summed E-state index contributed by atoms with van der Waals surface area (Å²) in [5.74, 6) is 0.150. The summed E-state index contributed by atoms with van der Waals surface area (Å²) in [6, 6.07) is 14.4. The molecule has 2 aromatic carbocycles. The number of anilines is 2. The number of nitrogens with zero attached hydrogens (tertiary/aromatic N) is 2. The second-order valence-electron chi connectivity index (χ2n) is 7.64. The lowest BCUT2D eigenvalue weighted by Gasteiger charge is -2.40. The summed E-state index contributed by atoms with van der Waals surface area (Å²) < 4.78 is 5.61. The number of carbonyl (C=O) groups is 2. The molecule has 1 unspecified atom stereocenters. The van der Waals surface area contributed by atoms with Gasteiger partial charge in [0.05, 0.1) is 12.0 Å². The van der Waals surface area contributed by atoms with Crippen LogP contribution in [0.1, 0.15) is 34.1 Å². The average molecular weight is 388 g/mol. The van der Waals surface area contributed by atoms with E-state index < -0.39 is 6.04 Å². The van der Waals surface area contributed by atoms with Crippen LogP contribution in [-0.4, -0.2) is 18.4 Å². The third-order valence-corrected chi connectivity index (χ3v) is 5.45. The number of aryl methyl sites for hydroxylation is 4. The van der Waals surface area contributed by atoms with E-state index in [1.807, 2.05) is 64.1 Å². The van der Waals surface area contributed by atoms with Crippen molar-refractivity contribution in [1.82, 2.24) is 0 Å². The van der Waals surface area contributed by atoms with Gasteiger partial charge in [-0.15, -0.1) is 0 Å². The molecule has 1 aliphatic heterocycles. The van der Waals surface area contributed by atoms with Crippen LogP contribution in [0.2, 0.25) is 0 Å². The van der Waals surface area contributed by atoms with Gasteiger partial charge in [0.15, 0.2) is 6.04 Å². The molecule has 1 atom stereocenters. The van der Waals surface area contributed by atoms with Crippen LogP contribution >= 0.6 is 0 Å². The number of furan rings is 1. The maximum absolute atomic E-state index is 13.7. The molecule has 1 saturated heterocycles. The van der Waals surface area contributed by atoms with Crippen molar-refractivity contribution >= 4 is 23.2 Å². The molecule has 3 aromatic rings. The minimum Gasteiger partial charge on any atom is -0.467 e. The number of amides is 2. The molecule has 1 aliphatic rings. The summed E-state index contributed by atoms with van der Waals surface area (Å²) >= 11 is 0. The van der Waals surface area contributed by atoms with Crippen molar-refractivity contribution in [3.8, 4) is 0 Å². The standard InChI is InChI=1S/C24H24N2O3/c1-15-10-11-19(18(4)13-15)26-21(27)14-25(22-16(2)7-5-8-17(22)3)24(28)23(26)20-9-6-12-29-20/h5-13,23H,14H2,1-4H3. The van der Waals surface area contributed by atoms with Crippen LogP contribution in [0.15, 0.2) is 59.2 Å². The zero-order valence-corrected chi connectivity index (χ0v) is 17.1. The highest BCUT2D eigenvalue weighted by Gasteiger charge is 2.44. The van der Waals surface area contributed by atoms with E-state index in [1.54, 1.807) is 21.9 Å². The van der Waals surface area contributed by atoms with Gasteiger partial charge in [0.25, 0.3) is 5.91 Å². The molecule has 5 nitrogen and oxygen atoms in total. The van der Waals surface area contributed by atoms with Gasteiger partial charge < -0.3 is 9.32 Å². The normalized spacial score (nSPS) is 17.2. The lowest BCUT2D eigenvalue weighted by molar-refractivity contribution is -0.129. The first-order valence-corrected chi connectivity index (χ1v) is 9.69. The van der Waals surface area contributed by atoms with Crippen LogP contribution in [0.3, 0.4) is 0 Å². The Kier molecular flexibility index (Phi) is 4.74. The molecule has 0 spiro atoms. The fourth-order valence-electron chi connectivity index (χ4n) is 4.16. The highest BCUT2D eigenvalue weighted by Crippen LogP contribution is 2.38. The molecule has 1 aromatic heterocycles. The van der Waals surface area contributed by atoms with Crippen LogP contribution in [-0.2, 0) is 9.59 Å². The molecule has 0 bridgehead atoms. The van der Waals surface area contributed by atoms with Gasteiger partial charge in [0.2, 0.25) is 5.91 Å². The van der Waals surface area contributed by atoms with E-state index in [-0.39, 0.29) is 18.4 Å². The molecule has 1 fully saturated rings. The van der Waals surface area contributed by atoms with Crippen molar-refractivity contribution in [3.05, 3.63) is 82.8 Å². The Hall–Kier alpha value is -3.34. The van der Waals surface area contributed by atoms with Gasteiger partial charge in [-0.05, 0) is 62.6 Å². The fourth-order valence-corrected chi connectivity index (χ4v) is 4.16. The van der Waals surface area contributed by atoms with Gasteiger partial charge in [-0.2, -0.15) is 0 Å². The van der Waals surface area contributed by atoms with Crippen LogP contribution in [0.4, 0.5) is 11.4 Å². The highest BCUT2D eigenvalue weighted by atomic mass is 16.3. The molecule has 5 heteroatoms. The molecule has 0 saturated carbocycles. The van der Waals surface area contributed by atoms with E-state index in [4.69, 9.17) is 4.42 Å². The monoisotopic (exact) mass is 388 g/mol. The fraction of sp³-hybridized carbons (Fsp3) is 0.250. The Morgan fingerprint density at radius 1 is 0.897 bits per heavy atom. The molecule has 0 aliphatic carbocycles. The largest absolute Gasteiger partial charge is 0.467 e. The Balaban J connectivity index is 1.85. The van der Waals surface area contributed by atoms with Gasteiger partial charge >= 0.3 is 0 Å². The van der Waals surface area contributed by atoms with E-state index in [2.05, 4.69) is 0 Å². The summed E-state index contributed by atoms with van der Waals surface area (Å²) in [5, 5.41) is 0. The van der Waals surface area contributed by atoms with Gasteiger partial charge in [-0.1, -0.05) is 35.9 Å². The van der Waals surface area contributed by atoms with E-state index in [9.17, 15) is 9.59 Å². The van der Waals surface area contributed by atoms with Crippen molar-refractivity contribution in [1.29, 1.82) is 0 Å². The number of para-hydroxylation sites is 1. The first-order valence-electron chi connectivity index (χ1n) is 9.69. The number of hydrogen-bond donors (Lipinski definition) is 0. The maximum Gasteiger partial charge on any atom is 0.258 e. The molecule has 29 heavy (non-hydrogen) atoms. The molecule has 4 rings (SSSR count). The minimum atomic E-state index is -0.841. The van der Waals surface area contributed by atoms with Gasteiger partial charge in [-0.25, -0.2) is 0 Å². The Morgan fingerprint density at radius 3 is 2.24 bits per heavy atom. The molecule has 0 N–H and O–H groups in total. The smallest absolute Gasteiger partial charge is 0.258 e. The molecule has 2 amide bonds. The van der Waals surface area contributed by atoms with Gasteiger partial charge in [0.1, 0.15) is 12.3 Å². The summed E-state index contributed by atoms with van der Waals surface area (Å²) in [7, 11) is 0. The molecule has 148 valence electrons. The first kappa shape index (κ1) is 19.0. The minimum absolute atomic E-state index is 0.00491. The first-order chi connectivity index (χ1) is 13.9. The van der Waals surface area contributed by atoms with Crippen LogP contribution in [0, 0.1) is 27.7 Å². The van der Waals surface area contributed by atoms with Crippen molar-refractivity contribution in [2.24, 2.45) is 0 Å². The second kappa shape index (κ2) is 7.24. The Bertz CT molecular complexity index is 1070. The van der Waals surface area contributed by atoms with Gasteiger partial charge in [0, 0.05) is 5.69 Å².